The molecule has 13 unspecified atom stereocenters. The van der Waals surface area contributed by atoms with E-state index in [2.05, 4.69) is 273 Å². The van der Waals surface area contributed by atoms with Crippen LogP contribution in [-0.2, 0) is 4.74 Å². The number of ether oxygens (including phenoxy) is 1. The van der Waals surface area contributed by atoms with Crippen LogP contribution in [0.5, 0.6) is 0 Å². The smallest absolute Gasteiger partial charge is 0.0471 e. The molecule has 18 saturated heterocycles. The standard InChI is InChI=1S/C18H34N2.C17H32N2O.C17H34N2.C16H32N2.C15H30N2.C14H28N2/c1-14(2)19-11-16-10-18(8-6-5-7-9-18)17(13-19)20(12-16)15(3)4;1-13(2)18-10-15-9-17(5-7-20-8-6-17)16(12-18)19(11-15)14(3)4;1-7-17(8-2)9-15-10-18(13(3)4)12-16(17)19(11-15)14(5)6;1-12(2)17-9-14-7-8-16(5,6)15(11-17)18(10-14)13(3)4;1-11(2)16-8-13-7-15(5,6)14(10-16)17(9-13)12(3)4;1-10(2)15-7-13-6-12(5)14(9-15)16(8-13)11(3)4/h14-17H,5-13H2,1-4H3;13-16H,5-12H2,1-4H3;13-16H,7-12H2,1-6H3;12-15H,7-11H2,1-6H3;11-14H,7-10H2,1-6H3;10-14H,6-9H2,1-5H3. The normalized spacial score (nSPS) is 34.7. The largest absolute Gasteiger partial charge is 0.381 e. The zero-order valence-corrected chi connectivity index (χ0v) is 79.2. The molecule has 19 aliphatic rings. The zero-order chi connectivity index (χ0) is 81.0. The summed E-state index contributed by atoms with van der Waals surface area (Å²) < 4.78 is 5.68. The van der Waals surface area contributed by atoms with Crippen LogP contribution in [0.15, 0.2) is 0 Å². The first-order valence-electron chi connectivity index (χ1n) is 48.1. The summed E-state index contributed by atoms with van der Waals surface area (Å²) in [6.07, 6.45) is 22.8. The summed E-state index contributed by atoms with van der Waals surface area (Å²) in [5, 5.41) is 0. The third kappa shape index (κ3) is 22.4. The van der Waals surface area contributed by atoms with Crippen LogP contribution in [0.3, 0.4) is 0 Å². The molecular weight excluding hydrogens is 1350 g/mol. The van der Waals surface area contributed by atoms with Crippen LogP contribution in [0.25, 0.3) is 0 Å². The highest BCUT2D eigenvalue weighted by atomic mass is 16.5. The number of piperidine rings is 5. The molecule has 0 amide bonds. The van der Waals surface area contributed by atoms with Gasteiger partial charge in [-0.15, -0.1) is 0 Å². The molecule has 0 radical (unpaired) electrons. The number of rotatable bonds is 14. The van der Waals surface area contributed by atoms with E-state index in [9.17, 15) is 0 Å². The fraction of sp³-hybridized carbons (Fsp3) is 1.00. The number of hydrogen-bond donors (Lipinski definition) is 0. The molecule has 0 N–H and O–H groups in total. The Morgan fingerprint density at radius 3 is 0.991 bits per heavy atom. The van der Waals surface area contributed by atoms with E-state index in [4.69, 9.17) is 4.74 Å². The summed E-state index contributed by atoms with van der Waals surface area (Å²) in [6.45, 7) is 99.6. The third-order valence-electron chi connectivity index (χ3n) is 33.1. The van der Waals surface area contributed by atoms with Crippen molar-refractivity contribution in [3.05, 3.63) is 0 Å². The fourth-order valence-electron chi connectivity index (χ4n) is 26.2. The van der Waals surface area contributed by atoms with Gasteiger partial charge in [0.05, 0.1) is 0 Å². The van der Waals surface area contributed by atoms with Gasteiger partial charge in [0.1, 0.15) is 0 Å². The summed E-state index contributed by atoms with van der Waals surface area (Å²) in [5.74, 6) is 6.18. The molecule has 0 aromatic rings. The summed E-state index contributed by atoms with van der Waals surface area (Å²) in [5.41, 5.74) is 2.71. The maximum absolute atomic E-state index is 5.68. The average molecular weight is 1540 g/mol. The lowest BCUT2D eigenvalue weighted by Crippen LogP contribution is -2.59. The second kappa shape index (κ2) is 39.8. The Morgan fingerprint density at radius 1 is 0.282 bits per heavy atom. The number of hydrogen-bond acceptors (Lipinski definition) is 13. The van der Waals surface area contributed by atoms with Crippen LogP contribution in [-0.4, -0.2) is 299 Å². The van der Waals surface area contributed by atoms with Gasteiger partial charge in [-0.25, -0.2) is 0 Å². The number of nitrogens with zero attached hydrogens (tertiary/aromatic N) is 12. The molecular formula is C97H190N12O. The molecule has 12 bridgehead atoms. The second-order valence-corrected chi connectivity index (χ2v) is 45.4. The van der Waals surface area contributed by atoms with Gasteiger partial charge in [-0.1, -0.05) is 67.7 Å². The molecule has 19 fully saturated rings. The minimum atomic E-state index is 0.465. The van der Waals surface area contributed by atoms with Gasteiger partial charge in [-0.3, -0.25) is 58.8 Å². The predicted octanol–water partition coefficient (Wildman–Crippen LogP) is 18.5. The van der Waals surface area contributed by atoms with Gasteiger partial charge in [0, 0.05) is 240 Å². The Bertz CT molecular complexity index is 2590. The quantitative estimate of drug-likeness (QED) is 0.166. The van der Waals surface area contributed by atoms with Gasteiger partial charge in [0.15, 0.2) is 0 Å². The molecule has 110 heavy (non-hydrogen) atoms. The minimum absolute atomic E-state index is 0.465. The highest BCUT2D eigenvalue weighted by molar-refractivity contribution is 5.09. The average Bonchev–Trinajstić information content (AvgIpc) is 1.55. The van der Waals surface area contributed by atoms with Crippen molar-refractivity contribution >= 4 is 0 Å². The van der Waals surface area contributed by atoms with Crippen LogP contribution in [0.1, 0.15) is 317 Å². The molecule has 0 aromatic heterocycles. The van der Waals surface area contributed by atoms with Gasteiger partial charge < -0.3 is 4.74 Å². The van der Waals surface area contributed by atoms with Crippen LogP contribution in [0.4, 0.5) is 0 Å². The predicted molar refractivity (Wildman–Crippen MR) is 475 cm³/mol. The van der Waals surface area contributed by atoms with Crippen LogP contribution < -0.4 is 0 Å². The highest BCUT2D eigenvalue weighted by Gasteiger charge is 2.56. The van der Waals surface area contributed by atoms with E-state index >= 15 is 0 Å². The highest BCUT2D eigenvalue weighted by Crippen LogP contribution is 2.54. The van der Waals surface area contributed by atoms with E-state index in [0.29, 0.717) is 99.6 Å². The van der Waals surface area contributed by atoms with Crippen molar-refractivity contribution in [2.24, 2.45) is 68.5 Å². The molecule has 0 aromatic carbocycles. The number of fused-ring (bicyclic) bond motifs is 21. The summed E-state index contributed by atoms with van der Waals surface area (Å²) >= 11 is 0. The van der Waals surface area contributed by atoms with Crippen molar-refractivity contribution in [3.63, 3.8) is 0 Å². The lowest BCUT2D eigenvalue weighted by molar-refractivity contribution is -0.0829. The van der Waals surface area contributed by atoms with Gasteiger partial charge >= 0.3 is 0 Å². The maximum Gasteiger partial charge on any atom is 0.0471 e. The lowest BCUT2D eigenvalue weighted by atomic mass is 9.62. The Labute approximate surface area is 685 Å². The van der Waals surface area contributed by atoms with E-state index in [1.165, 1.54) is 221 Å². The van der Waals surface area contributed by atoms with Crippen LogP contribution in [0, 0.1) is 68.5 Å². The zero-order valence-electron chi connectivity index (χ0n) is 79.2. The van der Waals surface area contributed by atoms with Crippen molar-refractivity contribution in [1.29, 1.82) is 0 Å². The van der Waals surface area contributed by atoms with E-state index in [0.717, 1.165) is 90.9 Å². The SMILES string of the molecule is CC(C)N1CC2CCC(C)(C)C(C1)N(C(C)C)C2.CC(C)N1CC2CN(C(C)C)C(C1)C(C)(C)C2.CC(C)N1CC2CN(C(C)C)C(C1)C1(CCCCC1)C2.CC(C)N1CC2CN(C(C)C)C(C1)C1(CCOCC1)C2.CC1CC2CN(C(C)C)CC1N(C(C)C)C2.CCC1(CC)CC2CN(C(C)C)CC1N(C(C)C)C2. The minimum Gasteiger partial charge on any atom is -0.381 e. The monoisotopic (exact) mass is 1540 g/mol. The molecule has 1 aliphatic carbocycles. The van der Waals surface area contributed by atoms with Crippen molar-refractivity contribution in [3.8, 4) is 0 Å². The van der Waals surface area contributed by atoms with Gasteiger partial charge in [0.2, 0.25) is 0 Å². The Morgan fingerprint density at radius 2 is 0.591 bits per heavy atom. The molecule has 2 spiro atoms. The topological polar surface area (TPSA) is 48.1 Å². The van der Waals surface area contributed by atoms with E-state index in [-0.39, 0.29) is 0 Å². The van der Waals surface area contributed by atoms with Crippen molar-refractivity contribution < 1.29 is 4.74 Å². The molecule has 18 aliphatic heterocycles. The third-order valence-corrected chi connectivity index (χ3v) is 33.1. The molecule has 1 saturated carbocycles. The van der Waals surface area contributed by atoms with Gasteiger partial charge in [-0.05, 0) is 318 Å². The molecule has 19 rings (SSSR count). The molecule has 644 valence electrons. The molecule has 18 heterocycles. The van der Waals surface area contributed by atoms with Crippen molar-refractivity contribution in [2.45, 2.75) is 426 Å². The fourth-order valence-corrected chi connectivity index (χ4v) is 26.2. The van der Waals surface area contributed by atoms with Crippen LogP contribution >= 0.6 is 0 Å². The maximum atomic E-state index is 5.68. The lowest BCUT2D eigenvalue weighted by Gasteiger charge is -2.54. The molecule has 13 heteroatoms. The van der Waals surface area contributed by atoms with Gasteiger partial charge in [-0.2, -0.15) is 0 Å². The summed E-state index contributed by atoms with van der Waals surface area (Å²) in [4.78, 5) is 33.2. The molecule has 13 atom stereocenters. The Hall–Kier alpha value is -0.520. The summed E-state index contributed by atoms with van der Waals surface area (Å²) in [6, 6.07) is 12.9. The molecule has 13 nitrogen and oxygen atoms in total. The van der Waals surface area contributed by atoms with E-state index in [1.807, 2.05) is 0 Å². The number of likely N-dealkylation sites (tertiary alicyclic amines) is 1. The van der Waals surface area contributed by atoms with Crippen LogP contribution in [0.2, 0.25) is 0 Å². The van der Waals surface area contributed by atoms with Gasteiger partial charge in [0.25, 0.3) is 0 Å². The van der Waals surface area contributed by atoms with Crippen molar-refractivity contribution in [2.75, 3.05) is 131 Å². The first kappa shape index (κ1) is 93.3. The second-order valence-electron chi connectivity index (χ2n) is 45.4. The van der Waals surface area contributed by atoms with E-state index in [1.54, 1.807) is 0 Å². The Kier molecular flexibility index (Phi) is 33.8. The first-order chi connectivity index (χ1) is 51.6. The summed E-state index contributed by atoms with van der Waals surface area (Å²) in [7, 11) is 0. The first-order valence-corrected chi connectivity index (χ1v) is 48.1. The van der Waals surface area contributed by atoms with Crippen molar-refractivity contribution in [1.82, 2.24) is 58.8 Å². The van der Waals surface area contributed by atoms with E-state index < -0.39 is 0 Å². The Balaban J connectivity index is 0.000000152.